The molecule has 4 heterocycles. The van der Waals surface area contributed by atoms with Gasteiger partial charge in [-0.05, 0) is 35.8 Å². The number of halogens is 3. The van der Waals surface area contributed by atoms with Gasteiger partial charge in [-0.25, -0.2) is 14.6 Å². The molecule has 2 atom stereocenters. The van der Waals surface area contributed by atoms with Crippen molar-refractivity contribution in [3.63, 3.8) is 0 Å². The van der Waals surface area contributed by atoms with Gasteiger partial charge in [-0.2, -0.15) is 13.2 Å². The monoisotopic (exact) mass is 665 g/mol. The van der Waals surface area contributed by atoms with Gasteiger partial charge in [0.1, 0.15) is 22.8 Å². The molecule has 0 unspecified atom stereocenters. The fourth-order valence-corrected chi connectivity index (χ4v) is 6.61. The van der Waals surface area contributed by atoms with E-state index < -0.39 is 58.7 Å². The number of esters is 2. The largest absolute Gasteiger partial charge is 0.491 e. The fourth-order valence-electron chi connectivity index (χ4n) is 4.76. The Hall–Kier alpha value is -4.91. The molecule has 5 rings (SSSR count). The predicted octanol–water partition coefficient (Wildman–Crippen LogP) is 1.13. The number of hydrogen-bond donors (Lipinski definition) is 4. The summed E-state index contributed by atoms with van der Waals surface area (Å²) in [5.74, 6) is -7.01. The number of nitrogens with one attached hydrogen (secondary N) is 1. The van der Waals surface area contributed by atoms with Crippen LogP contribution >= 0.6 is 23.1 Å². The zero-order chi connectivity index (χ0) is 32.6. The zero-order valence-corrected chi connectivity index (χ0v) is 24.4. The number of alkyl halides is 3. The number of benzene rings is 1. The summed E-state index contributed by atoms with van der Waals surface area (Å²) in [6, 6.07) is 5.55. The number of thioether (sulfide) groups is 1. The number of allylic oxidation sites excluding steroid dienone is 1. The molecule has 3 aliphatic heterocycles. The van der Waals surface area contributed by atoms with Gasteiger partial charge < -0.3 is 31.6 Å². The lowest BCUT2D eigenvalue weighted by atomic mass is 10.0. The molecule has 2 saturated heterocycles. The second-order valence-electron chi connectivity index (χ2n) is 9.82. The summed E-state index contributed by atoms with van der Waals surface area (Å²) in [4.78, 5) is 69.8. The van der Waals surface area contributed by atoms with Gasteiger partial charge in [0.05, 0.1) is 0 Å². The van der Waals surface area contributed by atoms with Crippen LogP contribution in [0, 0.1) is 0 Å². The first kappa shape index (κ1) is 31.5. The van der Waals surface area contributed by atoms with Crippen molar-refractivity contribution in [2.75, 3.05) is 23.8 Å². The SMILES string of the molecule is Nc1ccc(CN2CC/C(=C\C3=C(C(=O)OC(=O)C(F)(F)F)N4C(=O)[C@@H](NC(=O)/C(=N\O)c5csc(N)n5)[C@H]4SC3)C2=O)cc1. The number of hydrogen-bond acceptors (Lipinski definition) is 13. The second kappa shape index (κ2) is 12.2. The average Bonchev–Trinajstić information content (AvgIpc) is 3.57. The molecule has 1 aromatic carbocycles. The summed E-state index contributed by atoms with van der Waals surface area (Å²) in [5, 5.41) is 15.0. The van der Waals surface area contributed by atoms with Gasteiger partial charge in [-0.15, -0.1) is 23.1 Å². The number of fused-ring (bicyclic) bond motifs is 1. The van der Waals surface area contributed by atoms with Crippen molar-refractivity contribution in [3.05, 3.63) is 63.8 Å². The minimum absolute atomic E-state index is 0.0254. The van der Waals surface area contributed by atoms with Gasteiger partial charge in [0, 0.05) is 35.5 Å². The van der Waals surface area contributed by atoms with Gasteiger partial charge in [0.2, 0.25) is 5.91 Å². The van der Waals surface area contributed by atoms with E-state index in [2.05, 4.69) is 20.2 Å². The number of oxime groups is 1. The number of amides is 3. The Bertz CT molecular complexity index is 1690. The number of ether oxygens (including phenoxy) is 1. The highest BCUT2D eigenvalue weighted by Gasteiger charge is 2.55. The molecule has 0 saturated carbocycles. The standard InChI is InChI=1S/C26H22F3N7O7S2/c27-26(28,29)24(41)43-23(40)18-13(7-12-5-6-35(20(12)38)8-11-1-3-14(30)4-2-11)9-44-22-17(21(39)36(18)22)33-19(37)16(34-42)15-10-45-25(31)32-15/h1-4,7,10,17,22,42H,5-6,8-9,30H2,(H2,31,32)(H,33,37)/b12-7+,34-16-/t17-,22-/m1/s1. The van der Waals surface area contributed by atoms with Crippen molar-refractivity contribution in [3.8, 4) is 0 Å². The maximum absolute atomic E-state index is 13.2. The van der Waals surface area contributed by atoms with Crippen LogP contribution in [0.25, 0.3) is 0 Å². The first-order valence-corrected chi connectivity index (χ1v) is 14.8. The van der Waals surface area contributed by atoms with E-state index in [9.17, 15) is 42.4 Å². The Kier molecular flexibility index (Phi) is 8.57. The van der Waals surface area contributed by atoms with Crippen molar-refractivity contribution < 1.29 is 47.1 Å². The predicted molar refractivity (Wildman–Crippen MR) is 153 cm³/mol. The minimum Gasteiger partial charge on any atom is -0.410 e. The molecule has 3 aliphatic rings. The molecule has 0 aliphatic carbocycles. The minimum atomic E-state index is -5.50. The number of carbonyl (C=O) groups is 5. The number of anilines is 2. The number of rotatable bonds is 7. The molecule has 0 bridgehead atoms. The van der Waals surface area contributed by atoms with Gasteiger partial charge in [0.25, 0.3) is 11.8 Å². The number of carbonyl (C=O) groups excluding carboxylic acids is 5. The Morgan fingerprint density at radius 2 is 1.91 bits per heavy atom. The van der Waals surface area contributed by atoms with Gasteiger partial charge in [-0.3, -0.25) is 19.3 Å². The van der Waals surface area contributed by atoms with E-state index in [1.807, 2.05) is 0 Å². The molecule has 2 aromatic rings. The van der Waals surface area contributed by atoms with Crippen LogP contribution in [0.15, 0.2) is 57.7 Å². The van der Waals surface area contributed by atoms with Crippen LogP contribution in [0.5, 0.6) is 0 Å². The van der Waals surface area contributed by atoms with Crippen LogP contribution in [0.2, 0.25) is 0 Å². The lowest BCUT2D eigenvalue weighted by Crippen LogP contribution is -2.71. The molecular formula is C26H22F3N7O7S2. The molecule has 14 nitrogen and oxygen atoms in total. The lowest BCUT2D eigenvalue weighted by Gasteiger charge is -2.49. The third kappa shape index (κ3) is 6.34. The fraction of sp³-hybridized carbons (Fsp3) is 0.269. The number of β-lactam (4-membered cyclic amide) rings is 1. The van der Waals surface area contributed by atoms with Crippen LogP contribution in [-0.2, 0) is 35.3 Å². The van der Waals surface area contributed by atoms with E-state index in [0.717, 1.165) is 33.6 Å². The van der Waals surface area contributed by atoms with Crippen LogP contribution in [0.4, 0.5) is 24.0 Å². The molecule has 45 heavy (non-hydrogen) atoms. The average molecular weight is 666 g/mol. The molecule has 0 radical (unpaired) electrons. The third-order valence-corrected chi connectivity index (χ3v) is 8.86. The number of thiazole rings is 1. The number of likely N-dealkylation sites (tertiary alicyclic amines) is 1. The van der Waals surface area contributed by atoms with Crippen LogP contribution in [-0.4, -0.2) is 85.3 Å². The summed E-state index contributed by atoms with van der Waals surface area (Å²) in [6.45, 7) is 0.556. The van der Waals surface area contributed by atoms with Crippen molar-refractivity contribution in [2.45, 2.75) is 30.6 Å². The van der Waals surface area contributed by atoms with Crippen LogP contribution < -0.4 is 16.8 Å². The summed E-state index contributed by atoms with van der Waals surface area (Å²) in [5.41, 5.74) is 11.5. The van der Waals surface area contributed by atoms with E-state index in [4.69, 9.17) is 11.5 Å². The highest BCUT2D eigenvalue weighted by molar-refractivity contribution is 8.00. The Balaban J connectivity index is 1.40. The van der Waals surface area contributed by atoms with E-state index in [1.165, 1.54) is 16.4 Å². The van der Waals surface area contributed by atoms with Crippen molar-refractivity contribution in [2.24, 2.45) is 5.16 Å². The summed E-state index contributed by atoms with van der Waals surface area (Å²) in [7, 11) is 0. The summed E-state index contributed by atoms with van der Waals surface area (Å²) >= 11 is 1.99. The third-order valence-electron chi connectivity index (χ3n) is 6.89. The van der Waals surface area contributed by atoms with E-state index in [-0.39, 0.29) is 40.7 Å². The number of nitrogen functional groups attached to an aromatic ring is 2. The summed E-state index contributed by atoms with van der Waals surface area (Å²) in [6.07, 6.45) is -3.98. The Labute approximate surface area is 259 Å². The molecular weight excluding hydrogens is 643 g/mol. The Morgan fingerprint density at radius 1 is 1.20 bits per heavy atom. The topological polar surface area (TPSA) is 211 Å². The lowest BCUT2D eigenvalue weighted by molar-refractivity contribution is -0.201. The van der Waals surface area contributed by atoms with E-state index in [1.54, 1.807) is 24.3 Å². The number of nitrogens with two attached hydrogens (primary N) is 2. The normalized spacial score (nSPS) is 21.1. The molecule has 3 amide bonds. The van der Waals surface area contributed by atoms with Crippen molar-refractivity contribution in [1.82, 2.24) is 20.1 Å². The molecule has 1 aromatic heterocycles. The van der Waals surface area contributed by atoms with Crippen molar-refractivity contribution >= 4 is 69.3 Å². The van der Waals surface area contributed by atoms with E-state index in [0.29, 0.717) is 12.2 Å². The maximum Gasteiger partial charge on any atom is 0.491 e. The van der Waals surface area contributed by atoms with Crippen LogP contribution in [0.1, 0.15) is 17.7 Å². The quantitative estimate of drug-likeness (QED) is 0.0481. The summed E-state index contributed by atoms with van der Waals surface area (Å²) < 4.78 is 42.9. The molecule has 6 N–H and O–H groups in total. The van der Waals surface area contributed by atoms with Gasteiger partial charge in [-0.1, -0.05) is 17.3 Å². The highest BCUT2D eigenvalue weighted by Crippen LogP contribution is 2.42. The smallest absolute Gasteiger partial charge is 0.410 e. The first-order chi connectivity index (χ1) is 21.3. The second-order valence-corrected chi connectivity index (χ2v) is 11.8. The zero-order valence-electron chi connectivity index (χ0n) is 22.7. The number of nitrogens with zero attached hydrogens (tertiary/aromatic N) is 4. The first-order valence-electron chi connectivity index (χ1n) is 12.9. The molecule has 236 valence electrons. The molecule has 19 heteroatoms. The van der Waals surface area contributed by atoms with Crippen molar-refractivity contribution in [1.29, 1.82) is 0 Å². The van der Waals surface area contributed by atoms with Gasteiger partial charge in [0.15, 0.2) is 10.8 Å². The van der Waals surface area contributed by atoms with Crippen LogP contribution in [0.3, 0.4) is 0 Å². The maximum atomic E-state index is 13.2. The molecule has 0 spiro atoms. The van der Waals surface area contributed by atoms with E-state index >= 15 is 0 Å². The Morgan fingerprint density at radius 3 is 2.53 bits per heavy atom. The highest BCUT2D eigenvalue weighted by atomic mass is 32.2. The number of aromatic nitrogens is 1. The van der Waals surface area contributed by atoms with Gasteiger partial charge >= 0.3 is 18.1 Å². The molecule has 2 fully saturated rings.